The van der Waals surface area contributed by atoms with Crippen molar-refractivity contribution in [2.45, 2.75) is 25.8 Å². The summed E-state index contributed by atoms with van der Waals surface area (Å²) in [5, 5.41) is 14.5. The van der Waals surface area contributed by atoms with E-state index >= 15 is 0 Å². The van der Waals surface area contributed by atoms with Crippen molar-refractivity contribution in [3.05, 3.63) is 31.9 Å². The molecule has 0 aromatic carbocycles. The van der Waals surface area contributed by atoms with Gasteiger partial charge in [-0.05, 0) is 25.8 Å². The Morgan fingerprint density at radius 3 is 2.76 bits per heavy atom. The molecule has 0 bridgehead atoms. The lowest BCUT2D eigenvalue weighted by Crippen LogP contribution is -2.39. The highest BCUT2D eigenvalue weighted by Gasteiger charge is 2.31. The number of likely N-dealkylation sites (tertiary alicyclic amines) is 1. The summed E-state index contributed by atoms with van der Waals surface area (Å²) in [6.45, 7) is 2.21. The van der Waals surface area contributed by atoms with Crippen LogP contribution in [0.1, 0.15) is 39.0 Å². The Morgan fingerprint density at radius 2 is 2.10 bits per heavy atom. The molecule has 1 aliphatic rings. The molecule has 0 saturated carbocycles. The van der Waals surface area contributed by atoms with E-state index in [0.717, 1.165) is 22.6 Å². The van der Waals surface area contributed by atoms with Crippen LogP contribution in [0.5, 0.6) is 0 Å². The Morgan fingerprint density at radius 1 is 1.34 bits per heavy atom. The van der Waals surface area contributed by atoms with Crippen molar-refractivity contribution in [2.75, 3.05) is 25.0 Å². The van der Waals surface area contributed by atoms with Gasteiger partial charge in [-0.1, -0.05) is 22.9 Å². The van der Waals surface area contributed by atoms with Crippen molar-refractivity contribution in [2.24, 2.45) is 0 Å². The summed E-state index contributed by atoms with van der Waals surface area (Å²) in [7, 11) is 0. The number of carboxylic acid groups (broad SMARTS) is 1. The summed E-state index contributed by atoms with van der Waals surface area (Å²) in [5.74, 6) is -1.40. The number of nitrogens with one attached hydrogen (secondary N) is 2. The molecule has 3 rings (SSSR count). The molecule has 158 valence electrons. The molecule has 1 atom stereocenters. The fourth-order valence-corrected chi connectivity index (χ4v) is 5.09. The Labute approximate surface area is 186 Å². The standard InChI is InChI=1S/C17H19ClN4O4S2.ClH/c1-9-10(16(26)21-17-20-6-13(18)28-17)5-12(27-9)11-3-2-4-22(11)14(23)7-19-8-15(24)25;/h5-6,11,19H,2-4,7-8H2,1H3,(H,24,25)(H,20,21,26);1H. The number of aromatic nitrogens is 1. The Hall–Kier alpha value is -1.72. The summed E-state index contributed by atoms with van der Waals surface area (Å²) in [6, 6.07) is 1.73. The number of amides is 2. The maximum atomic E-state index is 12.6. The molecule has 1 fully saturated rings. The van der Waals surface area contributed by atoms with E-state index in [9.17, 15) is 14.4 Å². The molecule has 1 aliphatic heterocycles. The Bertz CT molecular complexity index is 902. The number of aryl methyl sites for hydroxylation is 1. The highest BCUT2D eigenvalue weighted by atomic mass is 35.5. The summed E-state index contributed by atoms with van der Waals surface area (Å²) in [6.07, 6.45) is 3.16. The number of thiophene rings is 1. The van der Waals surface area contributed by atoms with Gasteiger partial charge in [-0.2, -0.15) is 0 Å². The largest absolute Gasteiger partial charge is 0.480 e. The summed E-state index contributed by atoms with van der Waals surface area (Å²) in [4.78, 5) is 43.2. The van der Waals surface area contributed by atoms with Crippen molar-refractivity contribution in [3.63, 3.8) is 0 Å². The number of hydrogen-bond acceptors (Lipinski definition) is 7. The fourth-order valence-electron chi connectivity index (χ4n) is 3.11. The number of anilines is 1. The van der Waals surface area contributed by atoms with Crippen LogP contribution in [-0.4, -0.2) is 52.4 Å². The lowest BCUT2D eigenvalue weighted by atomic mass is 10.1. The van der Waals surface area contributed by atoms with Gasteiger partial charge in [0.15, 0.2) is 5.13 Å². The predicted molar refractivity (Wildman–Crippen MR) is 116 cm³/mol. The maximum absolute atomic E-state index is 12.6. The second-order valence-electron chi connectivity index (χ2n) is 6.28. The summed E-state index contributed by atoms with van der Waals surface area (Å²) < 4.78 is 0.495. The van der Waals surface area contributed by atoms with Crippen molar-refractivity contribution in [1.82, 2.24) is 15.2 Å². The number of aliphatic carboxylic acids is 1. The number of carbonyl (C=O) groups is 3. The molecule has 1 unspecified atom stereocenters. The van der Waals surface area contributed by atoms with Crippen LogP contribution in [0.15, 0.2) is 12.3 Å². The van der Waals surface area contributed by atoms with Gasteiger partial charge in [0, 0.05) is 16.3 Å². The van der Waals surface area contributed by atoms with Crippen LogP contribution in [0, 0.1) is 6.92 Å². The van der Waals surface area contributed by atoms with Gasteiger partial charge in [-0.25, -0.2) is 4.98 Å². The minimum Gasteiger partial charge on any atom is -0.480 e. The normalized spacial score (nSPS) is 15.8. The minimum absolute atomic E-state index is 0. The lowest BCUT2D eigenvalue weighted by Gasteiger charge is -2.24. The number of hydrogen-bond donors (Lipinski definition) is 3. The van der Waals surface area contributed by atoms with Crippen molar-refractivity contribution in [3.8, 4) is 0 Å². The van der Waals surface area contributed by atoms with Gasteiger partial charge in [-0.3, -0.25) is 25.0 Å². The van der Waals surface area contributed by atoms with E-state index in [-0.39, 0.29) is 43.4 Å². The molecular formula is C17H20Cl2N4O4S2. The number of halogens is 2. The molecule has 2 amide bonds. The predicted octanol–water partition coefficient (Wildman–Crippen LogP) is 3.18. The minimum atomic E-state index is -1.00. The Kier molecular flexibility index (Phi) is 8.41. The quantitative estimate of drug-likeness (QED) is 0.563. The third kappa shape index (κ3) is 5.89. The summed E-state index contributed by atoms with van der Waals surface area (Å²) >= 11 is 8.52. The third-order valence-corrected chi connectivity index (χ3v) is 6.52. The van der Waals surface area contributed by atoms with Gasteiger partial charge >= 0.3 is 5.97 Å². The van der Waals surface area contributed by atoms with Crippen LogP contribution in [-0.2, 0) is 9.59 Å². The van der Waals surface area contributed by atoms with Gasteiger partial charge in [0.2, 0.25) is 5.91 Å². The molecule has 0 radical (unpaired) electrons. The van der Waals surface area contributed by atoms with Crippen molar-refractivity contribution >= 4 is 69.6 Å². The second kappa shape index (κ2) is 10.4. The zero-order chi connectivity index (χ0) is 20.3. The number of carbonyl (C=O) groups excluding carboxylic acids is 2. The molecule has 0 spiro atoms. The number of carboxylic acids is 1. The van der Waals surface area contributed by atoms with Crippen LogP contribution in [0.25, 0.3) is 0 Å². The first-order chi connectivity index (χ1) is 13.3. The molecule has 0 aliphatic carbocycles. The maximum Gasteiger partial charge on any atom is 0.317 e. The first kappa shape index (κ1) is 23.6. The fraction of sp³-hybridized carbons (Fsp3) is 0.412. The van der Waals surface area contributed by atoms with Gasteiger partial charge in [0.25, 0.3) is 5.91 Å². The number of thiazole rings is 1. The SMILES string of the molecule is Cc1sc(C2CCCN2C(=O)CNCC(=O)O)cc1C(=O)Nc1ncc(Cl)s1.Cl. The first-order valence-electron chi connectivity index (χ1n) is 8.60. The van der Waals surface area contributed by atoms with Gasteiger partial charge < -0.3 is 10.0 Å². The zero-order valence-electron chi connectivity index (χ0n) is 15.4. The number of rotatable bonds is 7. The molecule has 2 aromatic heterocycles. The lowest BCUT2D eigenvalue weighted by molar-refractivity contribution is -0.136. The Balaban J connectivity index is 0.00000300. The molecule has 12 heteroatoms. The third-order valence-electron chi connectivity index (χ3n) is 4.33. The van der Waals surface area contributed by atoms with Crippen LogP contribution in [0.4, 0.5) is 5.13 Å². The van der Waals surface area contributed by atoms with Crippen LogP contribution < -0.4 is 10.6 Å². The van der Waals surface area contributed by atoms with Crippen LogP contribution in [0.3, 0.4) is 0 Å². The topological polar surface area (TPSA) is 112 Å². The highest BCUT2D eigenvalue weighted by molar-refractivity contribution is 7.19. The van der Waals surface area contributed by atoms with E-state index in [1.54, 1.807) is 4.90 Å². The molecule has 29 heavy (non-hydrogen) atoms. The van der Waals surface area contributed by atoms with E-state index in [1.165, 1.54) is 28.9 Å². The van der Waals surface area contributed by atoms with Crippen molar-refractivity contribution < 1.29 is 19.5 Å². The molecule has 8 nitrogen and oxygen atoms in total. The molecule has 1 saturated heterocycles. The zero-order valence-corrected chi connectivity index (χ0v) is 18.6. The molecular weight excluding hydrogens is 459 g/mol. The monoisotopic (exact) mass is 478 g/mol. The molecule has 2 aromatic rings. The summed E-state index contributed by atoms with van der Waals surface area (Å²) in [5.41, 5.74) is 0.551. The van der Waals surface area contributed by atoms with Crippen molar-refractivity contribution in [1.29, 1.82) is 0 Å². The van der Waals surface area contributed by atoms with E-state index in [1.807, 2.05) is 13.0 Å². The average molecular weight is 479 g/mol. The first-order valence-corrected chi connectivity index (χ1v) is 10.6. The van der Waals surface area contributed by atoms with Gasteiger partial charge in [-0.15, -0.1) is 23.7 Å². The highest BCUT2D eigenvalue weighted by Crippen LogP contribution is 2.37. The number of nitrogens with zero attached hydrogens (tertiary/aromatic N) is 2. The van der Waals surface area contributed by atoms with E-state index in [0.29, 0.717) is 21.6 Å². The van der Waals surface area contributed by atoms with E-state index in [4.69, 9.17) is 16.7 Å². The van der Waals surface area contributed by atoms with Crippen LogP contribution >= 0.6 is 46.7 Å². The van der Waals surface area contributed by atoms with E-state index in [2.05, 4.69) is 15.6 Å². The van der Waals surface area contributed by atoms with Gasteiger partial charge in [0.05, 0.1) is 30.9 Å². The van der Waals surface area contributed by atoms with E-state index < -0.39 is 5.97 Å². The van der Waals surface area contributed by atoms with Crippen LogP contribution in [0.2, 0.25) is 4.34 Å². The molecule has 3 N–H and O–H groups in total. The second-order valence-corrected chi connectivity index (χ2v) is 9.23. The van der Waals surface area contributed by atoms with Gasteiger partial charge in [0.1, 0.15) is 4.34 Å². The average Bonchev–Trinajstić information content (AvgIpc) is 3.34. The molecule has 3 heterocycles. The smallest absolute Gasteiger partial charge is 0.317 e.